The lowest BCUT2D eigenvalue weighted by atomic mass is 10.1. The summed E-state index contributed by atoms with van der Waals surface area (Å²) in [6, 6.07) is 11.9. The number of hydrogen-bond acceptors (Lipinski definition) is 5. The highest BCUT2D eigenvalue weighted by Gasteiger charge is 2.10. The van der Waals surface area contributed by atoms with Gasteiger partial charge in [0.15, 0.2) is 0 Å². The quantitative estimate of drug-likeness (QED) is 0.696. The van der Waals surface area contributed by atoms with E-state index >= 15 is 0 Å². The van der Waals surface area contributed by atoms with Crippen LogP contribution in [-0.2, 0) is 16.1 Å². The number of amides is 1. The molecule has 0 atom stereocenters. The summed E-state index contributed by atoms with van der Waals surface area (Å²) in [5.74, 6) is -0.966. The van der Waals surface area contributed by atoms with Crippen LogP contribution >= 0.6 is 0 Å². The van der Waals surface area contributed by atoms with E-state index in [1.807, 2.05) is 32.0 Å². The van der Waals surface area contributed by atoms with Crippen molar-refractivity contribution < 1.29 is 14.3 Å². The van der Waals surface area contributed by atoms with E-state index in [9.17, 15) is 14.4 Å². The Morgan fingerprint density at radius 2 is 1.89 bits per heavy atom. The molecule has 7 nitrogen and oxygen atoms in total. The summed E-state index contributed by atoms with van der Waals surface area (Å²) in [5, 5.41) is 2.50. The van der Waals surface area contributed by atoms with Crippen molar-refractivity contribution in [3.63, 3.8) is 0 Å². The number of benzene rings is 1. The van der Waals surface area contributed by atoms with Crippen molar-refractivity contribution in [2.24, 2.45) is 0 Å². The smallest absolute Gasteiger partial charge is 0.325 e. The number of hydrogen-bond donors (Lipinski definition) is 1. The molecule has 7 heteroatoms. The molecule has 2 aromatic heterocycles. The van der Waals surface area contributed by atoms with Crippen molar-refractivity contribution in [3.05, 3.63) is 81.4 Å². The van der Waals surface area contributed by atoms with Crippen LogP contribution in [0, 0.1) is 13.8 Å². The molecule has 0 unspecified atom stereocenters. The predicted molar refractivity (Wildman–Crippen MR) is 99.5 cm³/mol. The van der Waals surface area contributed by atoms with Gasteiger partial charge in [-0.1, -0.05) is 23.8 Å². The van der Waals surface area contributed by atoms with Gasteiger partial charge in [0.2, 0.25) is 0 Å². The molecule has 1 N–H and O–H groups in total. The second-order valence-electron chi connectivity index (χ2n) is 6.18. The first-order valence-corrected chi connectivity index (χ1v) is 8.42. The van der Waals surface area contributed by atoms with Gasteiger partial charge in [-0.05, 0) is 37.6 Å². The number of aryl methyl sites for hydroxylation is 2. The lowest BCUT2D eigenvalue weighted by Crippen LogP contribution is -2.30. The molecule has 27 heavy (non-hydrogen) atoms. The van der Waals surface area contributed by atoms with Gasteiger partial charge >= 0.3 is 5.97 Å². The molecule has 0 aliphatic carbocycles. The van der Waals surface area contributed by atoms with Crippen LogP contribution in [0.5, 0.6) is 0 Å². The monoisotopic (exact) mass is 365 g/mol. The molecular formula is C20H19N3O4. The zero-order valence-electron chi connectivity index (χ0n) is 15.1. The number of carbonyl (C=O) groups is 2. The Hall–Kier alpha value is -3.48. The van der Waals surface area contributed by atoms with E-state index in [-0.39, 0.29) is 24.6 Å². The number of rotatable bonds is 5. The Morgan fingerprint density at radius 1 is 1.15 bits per heavy atom. The van der Waals surface area contributed by atoms with Gasteiger partial charge in [0, 0.05) is 17.8 Å². The molecule has 3 rings (SSSR count). The molecule has 0 aliphatic rings. The van der Waals surface area contributed by atoms with Crippen molar-refractivity contribution in [1.29, 1.82) is 0 Å². The minimum absolute atomic E-state index is 0.140. The molecule has 2 heterocycles. The number of carbonyl (C=O) groups excluding carboxylic acids is 2. The predicted octanol–water partition coefficient (Wildman–Crippen LogP) is 1.78. The van der Waals surface area contributed by atoms with Crippen molar-refractivity contribution in [3.8, 4) is 0 Å². The average Bonchev–Trinajstić information content (AvgIpc) is 2.66. The summed E-state index contributed by atoms with van der Waals surface area (Å²) in [7, 11) is 0. The van der Waals surface area contributed by atoms with Crippen LogP contribution in [0.15, 0.2) is 53.5 Å². The van der Waals surface area contributed by atoms with E-state index in [4.69, 9.17) is 4.74 Å². The Labute approximate surface area is 155 Å². The third-order valence-electron chi connectivity index (χ3n) is 4.03. The number of aromatic nitrogens is 2. The van der Waals surface area contributed by atoms with Crippen LogP contribution in [0.3, 0.4) is 0 Å². The van der Waals surface area contributed by atoms with E-state index in [0.29, 0.717) is 16.9 Å². The summed E-state index contributed by atoms with van der Waals surface area (Å²) in [6.07, 6.45) is 1.63. The van der Waals surface area contributed by atoms with Gasteiger partial charge in [-0.2, -0.15) is 0 Å². The van der Waals surface area contributed by atoms with Crippen molar-refractivity contribution in [1.82, 2.24) is 14.7 Å². The molecule has 0 aliphatic heterocycles. The Bertz CT molecular complexity index is 1060. The molecule has 1 amide bonds. The lowest BCUT2D eigenvalue weighted by molar-refractivity contribution is -0.143. The molecular weight excluding hydrogens is 346 g/mol. The number of nitrogens with zero attached hydrogens (tertiary/aromatic N) is 2. The maximum absolute atomic E-state index is 12.1. The number of ether oxygens (including phenoxy) is 1. The molecule has 1 aromatic carbocycles. The number of pyridine rings is 1. The first kappa shape index (κ1) is 18.3. The van der Waals surface area contributed by atoms with E-state index in [2.05, 4.69) is 10.3 Å². The maximum atomic E-state index is 12.1. The molecule has 0 fully saturated rings. The largest absolute Gasteiger partial charge is 0.458 e. The van der Waals surface area contributed by atoms with Gasteiger partial charge in [-0.3, -0.25) is 18.8 Å². The van der Waals surface area contributed by atoms with E-state index in [1.165, 1.54) is 10.5 Å². The molecule has 138 valence electrons. The number of fused-ring (bicyclic) bond motifs is 1. The van der Waals surface area contributed by atoms with Gasteiger partial charge in [-0.15, -0.1) is 0 Å². The van der Waals surface area contributed by atoms with Gasteiger partial charge in [-0.25, -0.2) is 4.98 Å². The highest BCUT2D eigenvalue weighted by molar-refractivity contribution is 5.95. The third kappa shape index (κ3) is 4.38. The second kappa shape index (κ2) is 7.82. The van der Waals surface area contributed by atoms with Crippen LogP contribution < -0.4 is 10.9 Å². The summed E-state index contributed by atoms with van der Waals surface area (Å²) < 4.78 is 6.55. The summed E-state index contributed by atoms with van der Waals surface area (Å²) in [5.41, 5.74) is 2.97. The lowest BCUT2D eigenvalue weighted by Gasteiger charge is -2.08. The molecule has 0 bridgehead atoms. The fourth-order valence-electron chi connectivity index (χ4n) is 2.55. The molecule has 0 saturated carbocycles. The number of nitrogens with one attached hydrogen (secondary N) is 1. The van der Waals surface area contributed by atoms with Crippen molar-refractivity contribution >= 4 is 17.5 Å². The summed E-state index contributed by atoms with van der Waals surface area (Å²) in [4.78, 5) is 40.3. The van der Waals surface area contributed by atoms with E-state index in [1.54, 1.807) is 24.4 Å². The zero-order valence-corrected chi connectivity index (χ0v) is 15.1. The highest BCUT2D eigenvalue weighted by Crippen LogP contribution is 2.06. The topological polar surface area (TPSA) is 89.8 Å². The van der Waals surface area contributed by atoms with Crippen LogP contribution in [0.25, 0.3) is 5.65 Å². The van der Waals surface area contributed by atoms with Gasteiger partial charge in [0.25, 0.3) is 11.5 Å². The standard InChI is InChI=1S/C20H19N3O4/c1-13-5-7-15(8-6-13)20(26)21-11-18(25)27-12-16-10-17(24)23-9-3-4-14(2)19(23)22-16/h3-10H,11-12H2,1-2H3,(H,21,26). The minimum Gasteiger partial charge on any atom is -0.458 e. The average molecular weight is 365 g/mol. The third-order valence-corrected chi connectivity index (χ3v) is 4.03. The maximum Gasteiger partial charge on any atom is 0.325 e. The van der Waals surface area contributed by atoms with Crippen LogP contribution in [-0.4, -0.2) is 27.8 Å². The highest BCUT2D eigenvalue weighted by atomic mass is 16.5. The first-order valence-electron chi connectivity index (χ1n) is 8.42. The molecule has 0 radical (unpaired) electrons. The fraction of sp³-hybridized carbons (Fsp3) is 0.200. The molecule has 3 aromatic rings. The Morgan fingerprint density at radius 3 is 2.63 bits per heavy atom. The van der Waals surface area contributed by atoms with Crippen LogP contribution in [0.4, 0.5) is 0 Å². The van der Waals surface area contributed by atoms with Crippen molar-refractivity contribution in [2.75, 3.05) is 6.54 Å². The molecule has 0 saturated heterocycles. The SMILES string of the molecule is Cc1ccc(C(=O)NCC(=O)OCc2cc(=O)n3cccc(C)c3n2)cc1. The van der Waals surface area contributed by atoms with Gasteiger partial charge in [0.1, 0.15) is 18.8 Å². The van der Waals surface area contributed by atoms with Crippen LogP contribution in [0.2, 0.25) is 0 Å². The minimum atomic E-state index is -0.609. The Balaban J connectivity index is 1.58. The normalized spacial score (nSPS) is 10.6. The zero-order chi connectivity index (χ0) is 19.4. The fourth-order valence-corrected chi connectivity index (χ4v) is 2.55. The van der Waals surface area contributed by atoms with E-state index in [0.717, 1.165) is 11.1 Å². The van der Waals surface area contributed by atoms with Gasteiger partial charge in [0.05, 0.1) is 5.69 Å². The van der Waals surface area contributed by atoms with Gasteiger partial charge < -0.3 is 10.1 Å². The van der Waals surface area contributed by atoms with E-state index < -0.39 is 5.97 Å². The van der Waals surface area contributed by atoms with Crippen molar-refractivity contribution in [2.45, 2.75) is 20.5 Å². The summed E-state index contributed by atoms with van der Waals surface area (Å²) >= 11 is 0. The van der Waals surface area contributed by atoms with Crippen LogP contribution in [0.1, 0.15) is 27.2 Å². The second-order valence-corrected chi connectivity index (χ2v) is 6.18. The first-order chi connectivity index (χ1) is 12.9. The Kier molecular flexibility index (Phi) is 5.30. The molecule has 0 spiro atoms. The number of esters is 1. The summed E-state index contributed by atoms with van der Waals surface area (Å²) in [6.45, 7) is 3.36.